The molecule has 0 bridgehead atoms. The molecule has 0 aromatic rings. The highest BCUT2D eigenvalue weighted by Gasteiger charge is 2.34. The summed E-state index contributed by atoms with van der Waals surface area (Å²) in [4.78, 5) is 0. The van der Waals surface area contributed by atoms with Gasteiger partial charge < -0.3 is 18.9 Å². The molecule has 116 valence electrons. The Balaban J connectivity index is 1.79. The van der Waals surface area contributed by atoms with Crippen LogP contribution in [0.4, 0.5) is 0 Å². The van der Waals surface area contributed by atoms with Crippen molar-refractivity contribution in [3.05, 3.63) is 12.7 Å². The summed E-state index contributed by atoms with van der Waals surface area (Å²) in [5.41, 5.74) is 0. The average molecular weight is 284 g/mol. The first kappa shape index (κ1) is 16.0. The van der Waals surface area contributed by atoms with Gasteiger partial charge in [0.25, 0.3) is 0 Å². The topological polar surface area (TPSA) is 36.9 Å². The van der Waals surface area contributed by atoms with Gasteiger partial charge in [0.15, 0.2) is 5.79 Å². The van der Waals surface area contributed by atoms with Crippen LogP contribution in [0.5, 0.6) is 0 Å². The molecule has 0 spiro atoms. The molecular formula is C16H28O4. The highest BCUT2D eigenvalue weighted by atomic mass is 16.7. The number of rotatable bonds is 6. The van der Waals surface area contributed by atoms with Gasteiger partial charge in [-0.15, -0.1) is 6.58 Å². The lowest BCUT2D eigenvalue weighted by molar-refractivity contribution is -0.140. The lowest BCUT2D eigenvalue weighted by Crippen LogP contribution is -2.32. The standard InChI is InChI=1S/C16H28O4/c1-4-10-17-14-7-5-6-11-18-15(14)9-8-13-12-19-16(2,3)20-13/h4,13-15H,1,5-12H2,2-3H3/t13?,14-,15+/m0/s1. The number of hydrogen-bond acceptors (Lipinski definition) is 4. The van der Waals surface area contributed by atoms with E-state index in [-0.39, 0.29) is 18.3 Å². The van der Waals surface area contributed by atoms with Crippen molar-refractivity contribution < 1.29 is 18.9 Å². The summed E-state index contributed by atoms with van der Waals surface area (Å²) >= 11 is 0. The Labute approximate surface area is 122 Å². The van der Waals surface area contributed by atoms with Gasteiger partial charge in [-0.2, -0.15) is 0 Å². The zero-order valence-electron chi connectivity index (χ0n) is 12.8. The Kier molecular flexibility index (Phi) is 6.02. The summed E-state index contributed by atoms with van der Waals surface area (Å²) in [6, 6.07) is 0. The SMILES string of the molecule is C=CCO[C@H]1CCCCO[C@@H]1CCC1COC(C)(C)O1. The highest BCUT2D eigenvalue weighted by Crippen LogP contribution is 2.27. The number of ether oxygens (including phenoxy) is 4. The molecule has 2 fully saturated rings. The van der Waals surface area contributed by atoms with Crippen molar-refractivity contribution in [1.82, 2.24) is 0 Å². The zero-order chi connectivity index (χ0) is 14.4. The minimum absolute atomic E-state index is 0.171. The molecule has 2 rings (SSSR count). The first-order chi connectivity index (χ1) is 9.61. The van der Waals surface area contributed by atoms with Crippen LogP contribution >= 0.6 is 0 Å². The van der Waals surface area contributed by atoms with Crippen LogP contribution < -0.4 is 0 Å². The average Bonchev–Trinajstić information content (AvgIpc) is 2.62. The third-order valence-corrected chi connectivity index (χ3v) is 3.90. The Hall–Kier alpha value is -0.420. The monoisotopic (exact) mass is 284 g/mol. The van der Waals surface area contributed by atoms with Gasteiger partial charge in [0, 0.05) is 6.61 Å². The van der Waals surface area contributed by atoms with Crippen molar-refractivity contribution in [2.24, 2.45) is 0 Å². The summed E-state index contributed by atoms with van der Waals surface area (Å²) in [6.07, 6.45) is 7.64. The van der Waals surface area contributed by atoms with E-state index in [0.29, 0.717) is 13.2 Å². The number of hydrogen-bond donors (Lipinski definition) is 0. The first-order valence-electron chi connectivity index (χ1n) is 7.76. The van der Waals surface area contributed by atoms with E-state index in [1.54, 1.807) is 6.08 Å². The first-order valence-corrected chi connectivity index (χ1v) is 7.76. The summed E-state index contributed by atoms with van der Waals surface area (Å²) in [6.45, 7) is 9.76. The zero-order valence-corrected chi connectivity index (χ0v) is 12.8. The van der Waals surface area contributed by atoms with E-state index in [9.17, 15) is 0 Å². The predicted molar refractivity (Wildman–Crippen MR) is 77.7 cm³/mol. The molecule has 1 unspecified atom stereocenters. The van der Waals surface area contributed by atoms with E-state index in [1.807, 2.05) is 13.8 Å². The molecule has 4 nitrogen and oxygen atoms in total. The van der Waals surface area contributed by atoms with E-state index in [0.717, 1.165) is 32.3 Å². The van der Waals surface area contributed by atoms with Gasteiger partial charge in [-0.3, -0.25) is 0 Å². The predicted octanol–water partition coefficient (Wildman–Crippen LogP) is 3.06. The fraction of sp³-hybridized carbons (Fsp3) is 0.875. The van der Waals surface area contributed by atoms with Crippen molar-refractivity contribution in [3.8, 4) is 0 Å². The van der Waals surface area contributed by atoms with Crippen LogP contribution in [0.2, 0.25) is 0 Å². The van der Waals surface area contributed by atoms with E-state index in [4.69, 9.17) is 18.9 Å². The van der Waals surface area contributed by atoms with Crippen molar-refractivity contribution >= 4 is 0 Å². The fourth-order valence-corrected chi connectivity index (χ4v) is 2.88. The Morgan fingerprint density at radius 3 is 2.85 bits per heavy atom. The van der Waals surface area contributed by atoms with Gasteiger partial charge in [-0.1, -0.05) is 6.08 Å². The molecule has 0 N–H and O–H groups in total. The van der Waals surface area contributed by atoms with Crippen molar-refractivity contribution in [2.45, 2.75) is 70.1 Å². The normalized spacial score (nSPS) is 33.8. The molecule has 0 amide bonds. The van der Waals surface area contributed by atoms with E-state index >= 15 is 0 Å². The van der Waals surface area contributed by atoms with Crippen molar-refractivity contribution in [2.75, 3.05) is 19.8 Å². The molecule has 3 atom stereocenters. The van der Waals surface area contributed by atoms with E-state index < -0.39 is 5.79 Å². The maximum absolute atomic E-state index is 5.97. The molecule has 2 aliphatic rings. The fourth-order valence-electron chi connectivity index (χ4n) is 2.88. The molecular weight excluding hydrogens is 256 g/mol. The van der Waals surface area contributed by atoms with E-state index in [1.165, 1.54) is 6.42 Å². The molecule has 2 aliphatic heterocycles. The van der Waals surface area contributed by atoms with Gasteiger partial charge >= 0.3 is 0 Å². The maximum Gasteiger partial charge on any atom is 0.163 e. The van der Waals surface area contributed by atoms with Gasteiger partial charge in [-0.05, 0) is 46.0 Å². The Morgan fingerprint density at radius 1 is 1.30 bits per heavy atom. The molecule has 0 saturated carbocycles. The van der Waals surface area contributed by atoms with Crippen LogP contribution in [0.15, 0.2) is 12.7 Å². The summed E-state index contributed by atoms with van der Waals surface area (Å²) in [5.74, 6) is -0.437. The third-order valence-electron chi connectivity index (χ3n) is 3.90. The van der Waals surface area contributed by atoms with Gasteiger partial charge in [0.05, 0.1) is 31.5 Å². The van der Waals surface area contributed by atoms with Crippen molar-refractivity contribution in [1.29, 1.82) is 0 Å². The molecule has 4 heteroatoms. The van der Waals surface area contributed by atoms with Crippen LogP contribution in [0.3, 0.4) is 0 Å². The molecule has 2 saturated heterocycles. The Bertz CT molecular complexity index is 303. The van der Waals surface area contributed by atoms with Crippen LogP contribution in [-0.4, -0.2) is 43.9 Å². The lowest BCUT2D eigenvalue weighted by Gasteiger charge is -2.26. The second-order valence-electron chi connectivity index (χ2n) is 6.09. The molecule has 0 radical (unpaired) electrons. The summed E-state index contributed by atoms with van der Waals surface area (Å²) < 4.78 is 23.3. The van der Waals surface area contributed by atoms with E-state index in [2.05, 4.69) is 6.58 Å². The maximum atomic E-state index is 5.97. The smallest absolute Gasteiger partial charge is 0.163 e. The lowest BCUT2D eigenvalue weighted by atomic mass is 10.0. The molecule has 0 aromatic heterocycles. The van der Waals surface area contributed by atoms with Gasteiger partial charge in [0.1, 0.15) is 0 Å². The Morgan fingerprint density at radius 2 is 2.15 bits per heavy atom. The third kappa shape index (κ3) is 4.85. The molecule has 20 heavy (non-hydrogen) atoms. The van der Waals surface area contributed by atoms with Crippen LogP contribution in [0, 0.1) is 0 Å². The quantitative estimate of drug-likeness (QED) is 0.702. The molecule has 0 aromatic carbocycles. The highest BCUT2D eigenvalue weighted by molar-refractivity contribution is 4.79. The minimum Gasteiger partial charge on any atom is -0.376 e. The molecule has 2 heterocycles. The van der Waals surface area contributed by atoms with Crippen LogP contribution in [0.25, 0.3) is 0 Å². The van der Waals surface area contributed by atoms with Gasteiger partial charge in [-0.25, -0.2) is 0 Å². The van der Waals surface area contributed by atoms with Crippen molar-refractivity contribution in [3.63, 3.8) is 0 Å². The van der Waals surface area contributed by atoms with Crippen LogP contribution in [0.1, 0.15) is 46.0 Å². The summed E-state index contributed by atoms with van der Waals surface area (Å²) in [5, 5.41) is 0. The largest absolute Gasteiger partial charge is 0.376 e. The molecule has 0 aliphatic carbocycles. The minimum atomic E-state index is -0.437. The van der Waals surface area contributed by atoms with Gasteiger partial charge in [0.2, 0.25) is 0 Å². The van der Waals surface area contributed by atoms with Crippen LogP contribution in [-0.2, 0) is 18.9 Å². The second-order valence-corrected chi connectivity index (χ2v) is 6.09. The second kappa shape index (κ2) is 7.55. The summed E-state index contributed by atoms with van der Waals surface area (Å²) in [7, 11) is 0.